The highest BCUT2D eigenvalue weighted by Crippen LogP contribution is 2.31. The summed E-state index contributed by atoms with van der Waals surface area (Å²) in [6.45, 7) is 5.77. The van der Waals surface area contributed by atoms with E-state index >= 15 is 0 Å². The van der Waals surface area contributed by atoms with Crippen LogP contribution in [0.15, 0.2) is 24.3 Å². The van der Waals surface area contributed by atoms with E-state index < -0.39 is 5.41 Å². The Morgan fingerprint density at radius 1 is 1.43 bits per heavy atom. The zero-order valence-corrected chi connectivity index (χ0v) is 8.71. The number of benzene rings is 1. The fourth-order valence-corrected chi connectivity index (χ4v) is 1.34. The molecule has 1 aromatic rings. The van der Waals surface area contributed by atoms with Crippen molar-refractivity contribution < 1.29 is 4.39 Å². The molecule has 0 aliphatic heterocycles. The Morgan fingerprint density at radius 3 is 2.50 bits per heavy atom. The normalized spacial score (nSPS) is 14.9. The lowest BCUT2D eigenvalue weighted by Gasteiger charge is -2.26. The van der Waals surface area contributed by atoms with Gasteiger partial charge in [0.1, 0.15) is 5.82 Å². The van der Waals surface area contributed by atoms with Crippen molar-refractivity contribution in [2.75, 3.05) is 0 Å². The second-order valence-electron chi connectivity index (χ2n) is 3.98. The van der Waals surface area contributed by atoms with Gasteiger partial charge >= 0.3 is 0 Å². The molecular weight excluding hydrogens is 177 g/mol. The van der Waals surface area contributed by atoms with Crippen molar-refractivity contribution in [1.82, 2.24) is 0 Å². The van der Waals surface area contributed by atoms with Crippen LogP contribution in [0.1, 0.15) is 26.3 Å². The third kappa shape index (κ3) is 1.77. The summed E-state index contributed by atoms with van der Waals surface area (Å²) < 4.78 is 13.0. The fourth-order valence-electron chi connectivity index (χ4n) is 1.34. The first kappa shape index (κ1) is 10.7. The van der Waals surface area contributed by atoms with Crippen LogP contribution in [0.25, 0.3) is 0 Å². The molecule has 1 nitrogen and oxygen atoms in total. The Balaban J connectivity index is 3.21. The third-order valence-corrected chi connectivity index (χ3v) is 2.81. The van der Waals surface area contributed by atoms with E-state index in [9.17, 15) is 4.39 Å². The van der Waals surface area contributed by atoms with E-state index in [0.717, 1.165) is 5.56 Å². The highest BCUT2D eigenvalue weighted by atomic mass is 19.1. The summed E-state index contributed by atoms with van der Waals surface area (Å²) in [7, 11) is 0. The van der Waals surface area contributed by atoms with Crippen LogP contribution in [0.5, 0.6) is 0 Å². The van der Waals surface area contributed by atoms with E-state index in [1.165, 1.54) is 12.1 Å². The number of nitrogens with zero attached hydrogens (tertiary/aromatic N) is 1. The van der Waals surface area contributed by atoms with Gasteiger partial charge in [-0.05, 0) is 30.5 Å². The molecule has 1 rings (SSSR count). The molecule has 0 fully saturated rings. The maximum absolute atomic E-state index is 13.0. The molecule has 1 atom stereocenters. The minimum absolute atomic E-state index is 0.161. The van der Waals surface area contributed by atoms with Crippen molar-refractivity contribution in [2.24, 2.45) is 5.92 Å². The number of rotatable bonds is 2. The third-order valence-electron chi connectivity index (χ3n) is 2.81. The molecule has 0 heterocycles. The van der Waals surface area contributed by atoms with Crippen LogP contribution >= 0.6 is 0 Å². The lowest BCUT2D eigenvalue weighted by molar-refractivity contribution is 0.429. The molecule has 2 heteroatoms. The largest absolute Gasteiger partial charge is 0.207 e. The standard InChI is InChI=1S/C12H14FN/c1-9(2)12(3,8-14)10-5-4-6-11(13)7-10/h4-7,9H,1-3H3. The van der Waals surface area contributed by atoms with Gasteiger partial charge in [0.05, 0.1) is 11.5 Å². The van der Waals surface area contributed by atoms with Gasteiger partial charge in [-0.3, -0.25) is 0 Å². The van der Waals surface area contributed by atoms with Crippen LogP contribution < -0.4 is 0 Å². The molecule has 0 N–H and O–H groups in total. The van der Waals surface area contributed by atoms with Crippen LogP contribution in [-0.4, -0.2) is 0 Å². The monoisotopic (exact) mass is 191 g/mol. The Morgan fingerprint density at radius 2 is 2.07 bits per heavy atom. The van der Waals surface area contributed by atoms with E-state index in [4.69, 9.17) is 5.26 Å². The molecule has 1 unspecified atom stereocenters. The predicted octanol–water partition coefficient (Wildman–Crippen LogP) is 3.26. The van der Waals surface area contributed by atoms with Crippen LogP contribution in [0.4, 0.5) is 4.39 Å². The zero-order chi connectivity index (χ0) is 10.8. The van der Waals surface area contributed by atoms with Gasteiger partial charge in [-0.2, -0.15) is 5.26 Å². The summed E-state index contributed by atoms with van der Waals surface area (Å²) in [4.78, 5) is 0. The van der Waals surface area contributed by atoms with Crippen molar-refractivity contribution >= 4 is 0 Å². The minimum Gasteiger partial charge on any atom is -0.207 e. The van der Waals surface area contributed by atoms with Crippen molar-refractivity contribution in [2.45, 2.75) is 26.2 Å². The Kier molecular flexibility index (Phi) is 2.90. The molecule has 0 radical (unpaired) electrons. The average molecular weight is 191 g/mol. The fraction of sp³-hybridized carbons (Fsp3) is 0.417. The van der Waals surface area contributed by atoms with Gasteiger partial charge in [-0.25, -0.2) is 4.39 Å². The van der Waals surface area contributed by atoms with Gasteiger partial charge in [-0.15, -0.1) is 0 Å². The van der Waals surface area contributed by atoms with Crippen LogP contribution in [0.3, 0.4) is 0 Å². The summed E-state index contributed by atoms with van der Waals surface area (Å²) in [5, 5.41) is 9.13. The van der Waals surface area contributed by atoms with Gasteiger partial charge < -0.3 is 0 Å². The van der Waals surface area contributed by atoms with E-state index in [-0.39, 0.29) is 11.7 Å². The summed E-state index contributed by atoms with van der Waals surface area (Å²) in [6.07, 6.45) is 0. The SMILES string of the molecule is CC(C)C(C)(C#N)c1cccc(F)c1. The number of nitriles is 1. The van der Waals surface area contributed by atoms with Crippen molar-refractivity contribution in [1.29, 1.82) is 5.26 Å². The topological polar surface area (TPSA) is 23.8 Å². The maximum Gasteiger partial charge on any atom is 0.123 e. The van der Waals surface area contributed by atoms with Crippen molar-refractivity contribution in [3.63, 3.8) is 0 Å². The Hall–Kier alpha value is -1.36. The molecule has 0 spiro atoms. The van der Waals surface area contributed by atoms with E-state index in [0.29, 0.717) is 0 Å². The lowest BCUT2D eigenvalue weighted by Crippen LogP contribution is -2.26. The minimum atomic E-state index is -0.609. The molecule has 14 heavy (non-hydrogen) atoms. The van der Waals surface area contributed by atoms with Crippen molar-refractivity contribution in [3.05, 3.63) is 35.6 Å². The van der Waals surface area contributed by atoms with Gasteiger partial charge in [-0.1, -0.05) is 26.0 Å². The number of hydrogen-bond donors (Lipinski definition) is 0. The summed E-state index contributed by atoms with van der Waals surface area (Å²) in [6, 6.07) is 8.52. The number of hydrogen-bond acceptors (Lipinski definition) is 1. The Bertz CT molecular complexity index is 365. The van der Waals surface area contributed by atoms with Gasteiger partial charge in [0, 0.05) is 0 Å². The second-order valence-corrected chi connectivity index (χ2v) is 3.98. The van der Waals surface area contributed by atoms with Gasteiger partial charge in [0.25, 0.3) is 0 Å². The van der Waals surface area contributed by atoms with E-state index in [2.05, 4.69) is 6.07 Å². The molecule has 0 aliphatic carbocycles. The first-order chi connectivity index (χ1) is 6.50. The van der Waals surface area contributed by atoms with E-state index in [1.807, 2.05) is 20.8 Å². The van der Waals surface area contributed by atoms with Gasteiger partial charge in [0.15, 0.2) is 0 Å². The molecule has 0 saturated heterocycles. The maximum atomic E-state index is 13.0. The summed E-state index contributed by atoms with van der Waals surface area (Å²) in [5.41, 5.74) is 0.136. The molecule has 0 bridgehead atoms. The molecule has 0 amide bonds. The first-order valence-corrected chi connectivity index (χ1v) is 4.68. The molecular formula is C12H14FN. The summed E-state index contributed by atoms with van der Waals surface area (Å²) in [5.74, 6) is -0.126. The summed E-state index contributed by atoms with van der Waals surface area (Å²) >= 11 is 0. The van der Waals surface area contributed by atoms with Crippen LogP contribution in [-0.2, 0) is 5.41 Å². The molecule has 0 aliphatic rings. The van der Waals surface area contributed by atoms with E-state index in [1.54, 1.807) is 12.1 Å². The van der Waals surface area contributed by atoms with Crippen LogP contribution in [0.2, 0.25) is 0 Å². The first-order valence-electron chi connectivity index (χ1n) is 4.68. The number of halogens is 1. The quantitative estimate of drug-likeness (QED) is 0.703. The molecule has 0 aromatic heterocycles. The Labute approximate surface area is 84.2 Å². The smallest absolute Gasteiger partial charge is 0.123 e. The average Bonchev–Trinajstić information content (AvgIpc) is 2.16. The van der Waals surface area contributed by atoms with Crippen LogP contribution in [0, 0.1) is 23.1 Å². The zero-order valence-electron chi connectivity index (χ0n) is 8.71. The molecule has 74 valence electrons. The molecule has 1 aromatic carbocycles. The van der Waals surface area contributed by atoms with Gasteiger partial charge in [0.2, 0.25) is 0 Å². The predicted molar refractivity (Wildman–Crippen MR) is 54.2 cm³/mol. The molecule has 0 saturated carbocycles. The highest BCUT2D eigenvalue weighted by Gasteiger charge is 2.30. The second kappa shape index (κ2) is 3.79. The lowest BCUT2D eigenvalue weighted by atomic mass is 9.75. The highest BCUT2D eigenvalue weighted by molar-refractivity contribution is 5.32. The van der Waals surface area contributed by atoms with Crippen molar-refractivity contribution in [3.8, 4) is 6.07 Å².